The minimum Gasteiger partial charge on any atom is -0.391 e. The molecular weight excluding hydrogens is 326 g/mol. The SMILES string of the molecule is N[C@H](c1ccc(Cl)c(Br)c1)[C@@H](O)Cc1ccccc1. The molecule has 0 heterocycles. The highest BCUT2D eigenvalue weighted by Gasteiger charge is 2.18. The number of benzene rings is 2. The topological polar surface area (TPSA) is 46.2 Å². The van der Waals surface area contributed by atoms with Crippen LogP contribution >= 0.6 is 27.5 Å². The van der Waals surface area contributed by atoms with Gasteiger partial charge in [-0.1, -0.05) is 48.0 Å². The van der Waals surface area contributed by atoms with Crippen LogP contribution in [0.15, 0.2) is 53.0 Å². The van der Waals surface area contributed by atoms with E-state index in [1.165, 1.54) is 0 Å². The summed E-state index contributed by atoms with van der Waals surface area (Å²) in [5, 5.41) is 10.8. The maximum atomic E-state index is 10.2. The van der Waals surface area contributed by atoms with E-state index in [0.29, 0.717) is 11.4 Å². The molecule has 0 aliphatic heterocycles. The van der Waals surface area contributed by atoms with Gasteiger partial charge in [0.1, 0.15) is 0 Å². The first-order valence-corrected chi connectivity index (χ1v) is 7.17. The Bertz CT molecular complexity index is 547. The van der Waals surface area contributed by atoms with Crippen molar-refractivity contribution in [1.82, 2.24) is 0 Å². The monoisotopic (exact) mass is 339 g/mol. The van der Waals surface area contributed by atoms with Crippen LogP contribution in [0.25, 0.3) is 0 Å². The zero-order valence-corrected chi connectivity index (χ0v) is 12.6. The fourth-order valence-electron chi connectivity index (χ4n) is 1.92. The molecular formula is C15H15BrClNO. The summed E-state index contributed by atoms with van der Waals surface area (Å²) in [6.07, 6.45) is -0.0992. The van der Waals surface area contributed by atoms with Gasteiger partial charge in [0.25, 0.3) is 0 Å². The quantitative estimate of drug-likeness (QED) is 0.891. The van der Waals surface area contributed by atoms with Gasteiger partial charge in [-0.2, -0.15) is 0 Å². The Morgan fingerprint density at radius 2 is 1.84 bits per heavy atom. The van der Waals surface area contributed by atoms with Gasteiger partial charge in [-0.3, -0.25) is 0 Å². The number of rotatable bonds is 4. The van der Waals surface area contributed by atoms with Gasteiger partial charge < -0.3 is 10.8 Å². The summed E-state index contributed by atoms with van der Waals surface area (Å²) < 4.78 is 0.786. The summed E-state index contributed by atoms with van der Waals surface area (Å²) in [4.78, 5) is 0. The van der Waals surface area contributed by atoms with Gasteiger partial charge >= 0.3 is 0 Å². The second-order valence-corrected chi connectivity index (χ2v) is 5.72. The van der Waals surface area contributed by atoms with E-state index in [1.807, 2.05) is 42.5 Å². The molecule has 4 heteroatoms. The Balaban J connectivity index is 2.10. The van der Waals surface area contributed by atoms with Crippen molar-refractivity contribution in [2.45, 2.75) is 18.6 Å². The first kappa shape index (κ1) is 14.5. The predicted octanol–water partition coefficient (Wildman–Crippen LogP) is 3.71. The van der Waals surface area contributed by atoms with E-state index in [-0.39, 0.29) is 0 Å². The molecule has 0 bridgehead atoms. The normalized spacial score (nSPS) is 14.1. The Labute approximate surface area is 126 Å². The lowest BCUT2D eigenvalue weighted by atomic mass is 9.97. The average Bonchev–Trinajstić information content (AvgIpc) is 2.42. The number of hydrogen-bond donors (Lipinski definition) is 2. The van der Waals surface area contributed by atoms with E-state index in [2.05, 4.69) is 15.9 Å². The summed E-state index contributed by atoms with van der Waals surface area (Å²) in [6.45, 7) is 0. The average molecular weight is 341 g/mol. The zero-order valence-electron chi connectivity index (χ0n) is 10.3. The minimum absolute atomic E-state index is 0.436. The first-order chi connectivity index (χ1) is 9.08. The molecule has 0 unspecified atom stereocenters. The third-order valence-electron chi connectivity index (χ3n) is 3.03. The Morgan fingerprint density at radius 1 is 1.16 bits per heavy atom. The summed E-state index contributed by atoms with van der Waals surface area (Å²) >= 11 is 9.31. The van der Waals surface area contributed by atoms with Gasteiger partial charge in [-0.15, -0.1) is 0 Å². The summed E-state index contributed by atoms with van der Waals surface area (Å²) in [5.41, 5.74) is 8.02. The summed E-state index contributed by atoms with van der Waals surface area (Å²) in [5.74, 6) is 0. The van der Waals surface area contributed by atoms with E-state index in [1.54, 1.807) is 6.07 Å². The van der Waals surface area contributed by atoms with Gasteiger partial charge in [0.2, 0.25) is 0 Å². The molecule has 0 aromatic heterocycles. The van der Waals surface area contributed by atoms with E-state index in [9.17, 15) is 5.11 Å². The van der Waals surface area contributed by atoms with Crippen LogP contribution in [-0.4, -0.2) is 11.2 Å². The molecule has 0 aliphatic rings. The summed E-state index contributed by atoms with van der Waals surface area (Å²) in [6, 6.07) is 14.8. The van der Waals surface area contributed by atoms with Gasteiger partial charge in [0.05, 0.1) is 17.2 Å². The van der Waals surface area contributed by atoms with Crippen LogP contribution in [0.4, 0.5) is 0 Å². The highest BCUT2D eigenvalue weighted by atomic mass is 79.9. The molecule has 0 saturated carbocycles. The van der Waals surface area contributed by atoms with Crippen LogP contribution < -0.4 is 5.73 Å². The molecule has 2 nitrogen and oxygen atoms in total. The molecule has 0 amide bonds. The van der Waals surface area contributed by atoms with E-state index in [4.69, 9.17) is 17.3 Å². The molecule has 100 valence electrons. The Morgan fingerprint density at radius 3 is 2.47 bits per heavy atom. The maximum absolute atomic E-state index is 10.2. The molecule has 2 aromatic rings. The van der Waals surface area contributed by atoms with Crippen LogP contribution in [0, 0.1) is 0 Å². The zero-order chi connectivity index (χ0) is 13.8. The van der Waals surface area contributed by atoms with Crippen LogP contribution in [0.2, 0.25) is 5.02 Å². The lowest BCUT2D eigenvalue weighted by molar-refractivity contribution is 0.145. The summed E-state index contributed by atoms with van der Waals surface area (Å²) in [7, 11) is 0. The van der Waals surface area contributed by atoms with Crippen molar-refractivity contribution < 1.29 is 5.11 Å². The molecule has 2 rings (SSSR count). The molecule has 3 N–H and O–H groups in total. The second kappa shape index (κ2) is 6.53. The highest BCUT2D eigenvalue weighted by Crippen LogP contribution is 2.27. The third kappa shape index (κ3) is 3.80. The molecule has 0 fully saturated rings. The van der Waals surface area contributed by atoms with Gasteiger partial charge in [-0.05, 0) is 39.2 Å². The van der Waals surface area contributed by atoms with E-state index < -0.39 is 12.1 Å². The number of hydrogen-bond acceptors (Lipinski definition) is 2. The third-order valence-corrected chi connectivity index (χ3v) is 4.24. The van der Waals surface area contributed by atoms with Crippen molar-refractivity contribution >= 4 is 27.5 Å². The number of nitrogens with two attached hydrogens (primary N) is 1. The first-order valence-electron chi connectivity index (χ1n) is 6.00. The van der Waals surface area contributed by atoms with Crippen molar-refractivity contribution in [3.05, 3.63) is 69.2 Å². The minimum atomic E-state index is -0.629. The van der Waals surface area contributed by atoms with Crippen LogP contribution in [0.5, 0.6) is 0 Å². The lowest BCUT2D eigenvalue weighted by Crippen LogP contribution is -2.28. The number of aliphatic hydroxyl groups is 1. The van der Waals surface area contributed by atoms with Crippen LogP contribution in [0.1, 0.15) is 17.2 Å². The van der Waals surface area contributed by atoms with E-state index in [0.717, 1.165) is 15.6 Å². The molecule has 2 atom stereocenters. The molecule has 0 saturated heterocycles. The molecule has 0 radical (unpaired) electrons. The van der Waals surface area contributed by atoms with Gasteiger partial charge in [0, 0.05) is 10.9 Å². The van der Waals surface area contributed by atoms with Gasteiger partial charge in [0.15, 0.2) is 0 Å². The standard InChI is InChI=1S/C15H15BrClNO/c16-12-9-11(6-7-13(12)17)15(18)14(19)8-10-4-2-1-3-5-10/h1-7,9,14-15,19H,8,18H2/t14-,15+/m0/s1. The molecule has 19 heavy (non-hydrogen) atoms. The largest absolute Gasteiger partial charge is 0.391 e. The highest BCUT2D eigenvalue weighted by molar-refractivity contribution is 9.10. The smallest absolute Gasteiger partial charge is 0.0773 e. The van der Waals surface area contributed by atoms with Gasteiger partial charge in [-0.25, -0.2) is 0 Å². The number of halogens is 2. The van der Waals surface area contributed by atoms with Crippen molar-refractivity contribution in [1.29, 1.82) is 0 Å². The molecule has 0 spiro atoms. The second-order valence-electron chi connectivity index (χ2n) is 4.46. The number of aliphatic hydroxyl groups excluding tert-OH is 1. The predicted molar refractivity (Wildman–Crippen MR) is 82.2 cm³/mol. The molecule has 0 aliphatic carbocycles. The van der Waals surface area contributed by atoms with Crippen LogP contribution in [0.3, 0.4) is 0 Å². The molecule has 2 aromatic carbocycles. The maximum Gasteiger partial charge on any atom is 0.0773 e. The van der Waals surface area contributed by atoms with Crippen molar-refractivity contribution in [2.75, 3.05) is 0 Å². The fraction of sp³-hybridized carbons (Fsp3) is 0.200. The Hall–Kier alpha value is -0.870. The van der Waals surface area contributed by atoms with E-state index >= 15 is 0 Å². The van der Waals surface area contributed by atoms with Crippen molar-refractivity contribution in [3.63, 3.8) is 0 Å². The fourth-order valence-corrected chi connectivity index (χ4v) is 2.44. The lowest BCUT2D eigenvalue weighted by Gasteiger charge is -2.19. The Kier molecular flexibility index (Phi) is 4.99. The van der Waals surface area contributed by atoms with Crippen LogP contribution in [-0.2, 0) is 6.42 Å². The van der Waals surface area contributed by atoms with Crippen molar-refractivity contribution in [3.8, 4) is 0 Å². The van der Waals surface area contributed by atoms with Crippen molar-refractivity contribution in [2.24, 2.45) is 5.73 Å².